The van der Waals surface area contributed by atoms with Crippen LogP contribution in [0.5, 0.6) is 0 Å². The van der Waals surface area contributed by atoms with Crippen molar-refractivity contribution in [3.63, 3.8) is 0 Å². The van der Waals surface area contributed by atoms with Crippen molar-refractivity contribution in [2.75, 3.05) is 31.8 Å². The number of thioether (sulfide) groups is 1. The molecule has 0 spiro atoms. The van der Waals surface area contributed by atoms with E-state index in [4.69, 9.17) is 4.74 Å². The van der Waals surface area contributed by atoms with Crippen molar-refractivity contribution in [2.45, 2.75) is 26.8 Å². The maximum atomic E-state index is 5.14. The van der Waals surface area contributed by atoms with Crippen LogP contribution >= 0.6 is 11.8 Å². The number of rotatable bonds is 8. The molecule has 0 saturated heterocycles. The van der Waals surface area contributed by atoms with Crippen LogP contribution in [0.15, 0.2) is 0 Å². The molecular formula is C10H23NOS. The molecule has 1 unspecified atom stereocenters. The van der Waals surface area contributed by atoms with Crippen molar-refractivity contribution in [1.29, 1.82) is 0 Å². The zero-order valence-electron chi connectivity index (χ0n) is 9.30. The lowest BCUT2D eigenvalue weighted by atomic mass is 10.3. The quantitative estimate of drug-likeness (QED) is 0.655. The third kappa shape index (κ3) is 8.60. The van der Waals surface area contributed by atoms with Gasteiger partial charge in [-0.05, 0) is 18.2 Å². The van der Waals surface area contributed by atoms with E-state index in [0.717, 1.165) is 24.8 Å². The largest absolute Gasteiger partial charge is 0.383 e. The highest BCUT2D eigenvalue weighted by Gasteiger charge is 2.06. The normalized spacial score (nSPS) is 13.6. The molecule has 3 heteroatoms. The smallest absolute Gasteiger partial charge is 0.0623 e. The maximum Gasteiger partial charge on any atom is 0.0623 e. The summed E-state index contributed by atoms with van der Waals surface area (Å²) in [6, 6.07) is 0.513. The van der Waals surface area contributed by atoms with E-state index < -0.39 is 0 Å². The minimum atomic E-state index is 0.513. The average Bonchev–Trinajstić information content (AvgIpc) is 2.04. The van der Waals surface area contributed by atoms with Gasteiger partial charge in [-0.2, -0.15) is 11.8 Å². The van der Waals surface area contributed by atoms with E-state index in [1.165, 1.54) is 5.75 Å². The minimum Gasteiger partial charge on any atom is -0.383 e. The first-order valence-corrected chi connectivity index (χ1v) is 6.16. The zero-order valence-corrected chi connectivity index (χ0v) is 10.1. The Kier molecular flexibility index (Phi) is 9.03. The fraction of sp³-hybridized carbons (Fsp3) is 1.00. The predicted octanol–water partition coefficient (Wildman–Crippen LogP) is 2.00. The second-order valence-corrected chi connectivity index (χ2v) is 4.72. The summed E-state index contributed by atoms with van der Waals surface area (Å²) in [4.78, 5) is 0. The molecule has 0 bridgehead atoms. The highest BCUT2D eigenvalue weighted by Crippen LogP contribution is 2.08. The number of likely N-dealkylation sites (N-methyl/N-ethyl adjacent to an activating group) is 1. The molecule has 0 heterocycles. The Morgan fingerprint density at radius 2 is 2.00 bits per heavy atom. The van der Waals surface area contributed by atoms with Gasteiger partial charge in [-0.15, -0.1) is 0 Å². The number of nitrogens with one attached hydrogen (secondary N) is 1. The molecule has 1 atom stereocenters. The molecule has 0 amide bonds. The number of methoxy groups -OCH3 is 1. The molecule has 1 N–H and O–H groups in total. The molecule has 80 valence electrons. The van der Waals surface area contributed by atoms with E-state index in [1.807, 2.05) is 11.8 Å². The van der Waals surface area contributed by atoms with Crippen LogP contribution in [0.3, 0.4) is 0 Å². The molecular weight excluding hydrogens is 182 g/mol. The van der Waals surface area contributed by atoms with Crippen LogP contribution in [0.25, 0.3) is 0 Å². The number of hydrogen-bond donors (Lipinski definition) is 1. The van der Waals surface area contributed by atoms with Crippen molar-refractivity contribution in [3.05, 3.63) is 0 Å². The first-order valence-electron chi connectivity index (χ1n) is 5.00. The van der Waals surface area contributed by atoms with Crippen molar-refractivity contribution in [2.24, 2.45) is 5.92 Å². The van der Waals surface area contributed by atoms with Gasteiger partial charge in [0.15, 0.2) is 0 Å². The lowest BCUT2D eigenvalue weighted by Crippen LogP contribution is -2.35. The molecule has 0 rings (SSSR count). The van der Waals surface area contributed by atoms with Gasteiger partial charge in [-0.25, -0.2) is 0 Å². The first kappa shape index (κ1) is 13.3. The second kappa shape index (κ2) is 8.85. The first-order chi connectivity index (χ1) is 6.20. The monoisotopic (exact) mass is 205 g/mol. The van der Waals surface area contributed by atoms with E-state index in [1.54, 1.807) is 7.11 Å². The lowest BCUT2D eigenvalue weighted by molar-refractivity contribution is 0.174. The third-order valence-corrected chi connectivity index (χ3v) is 3.17. The molecule has 0 aromatic heterocycles. The van der Waals surface area contributed by atoms with Crippen LogP contribution in [0.1, 0.15) is 20.8 Å². The van der Waals surface area contributed by atoms with E-state index in [-0.39, 0.29) is 0 Å². The van der Waals surface area contributed by atoms with E-state index >= 15 is 0 Å². The van der Waals surface area contributed by atoms with E-state index in [2.05, 4.69) is 26.1 Å². The number of ether oxygens (including phenoxy) is 1. The Balaban J connectivity index is 3.44. The highest BCUT2D eigenvalue weighted by atomic mass is 32.2. The van der Waals surface area contributed by atoms with Crippen LogP contribution in [-0.4, -0.2) is 37.8 Å². The van der Waals surface area contributed by atoms with Gasteiger partial charge in [0.25, 0.3) is 0 Å². The summed E-state index contributed by atoms with van der Waals surface area (Å²) in [6.45, 7) is 8.49. The van der Waals surface area contributed by atoms with Crippen molar-refractivity contribution < 1.29 is 4.74 Å². The third-order valence-electron chi connectivity index (χ3n) is 1.63. The lowest BCUT2D eigenvalue weighted by Gasteiger charge is -2.16. The Labute approximate surface area is 86.8 Å². The van der Waals surface area contributed by atoms with Gasteiger partial charge in [0.05, 0.1) is 6.61 Å². The topological polar surface area (TPSA) is 21.3 Å². The van der Waals surface area contributed by atoms with Crippen molar-refractivity contribution >= 4 is 11.8 Å². The summed E-state index contributed by atoms with van der Waals surface area (Å²) >= 11 is 2.01. The predicted molar refractivity (Wildman–Crippen MR) is 61.5 cm³/mol. The van der Waals surface area contributed by atoms with Crippen molar-refractivity contribution in [1.82, 2.24) is 5.32 Å². The minimum absolute atomic E-state index is 0.513. The van der Waals surface area contributed by atoms with Gasteiger partial charge in [-0.1, -0.05) is 20.8 Å². The molecule has 2 nitrogen and oxygen atoms in total. The second-order valence-electron chi connectivity index (χ2n) is 3.64. The summed E-state index contributed by atoms with van der Waals surface area (Å²) in [7, 11) is 1.76. The number of hydrogen-bond acceptors (Lipinski definition) is 3. The van der Waals surface area contributed by atoms with Crippen LogP contribution in [-0.2, 0) is 4.74 Å². The highest BCUT2D eigenvalue weighted by molar-refractivity contribution is 7.99. The van der Waals surface area contributed by atoms with Crippen LogP contribution in [0.2, 0.25) is 0 Å². The van der Waals surface area contributed by atoms with Gasteiger partial charge in [-0.3, -0.25) is 0 Å². The summed E-state index contributed by atoms with van der Waals surface area (Å²) in [5.41, 5.74) is 0. The fourth-order valence-corrected chi connectivity index (χ4v) is 2.21. The summed E-state index contributed by atoms with van der Waals surface area (Å²) < 4.78 is 5.14. The maximum absolute atomic E-state index is 5.14. The van der Waals surface area contributed by atoms with Crippen LogP contribution in [0, 0.1) is 5.92 Å². The summed E-state index contributed by atoms with van der Waals surface area (Å²) in [5, 5.41) is 3.41. The molecule has 0 aromatic carbocycles. The van der Waals surface area contributed by atoms with Crippen LogP contribution in [0.4, 0.5) is 0 Å². The molecule has 0 aromatic rings. The van der Waals surface area contributed by atoms with Gasteiger partial charge < -0.3 is 10.1 Å². The summed E-state index contributed by atoms with van der Waals surface area (Å²) in [6.07, 6.45) is 0. The van der Waals surface area contributed by atoms with Gasteiger partial charge in [0.1, 0.15) is 0 Å². The Hall–Kier alpha value is 0.270. The van der Waals surface area contributed by atoms with Crippen LogP contribution < -0.4 is 5.32 Å². The SMILES string of the molecule is CCNC(COC)CSCC(C)C. The molecule has 13 heavy (non-hydrogen) atoms. The molecule has 0 saturated carbocycles. The van der Waals surface area contributed by atoms with E-state index in [0.29, 0.717) is 6.04 Å². The van der Waals surface area contributed by atoms with E-state index in [9.17, 15) is 0 Å². The average molecular weight is 205 g/mol. The Morgan fingerprint density at radius 3 is 2.46 bits per heavy atom. The zero-order chi connectivity index (χ0) is 10.1. The molecule has 0 fully saturated rings. The molecule has 0 aliphatic heterocycles. The Bertz CT molecular complexity index is 103. The Morgan fingerprint density at radius 1 is 1.31 bits per heavy atom. The molecule has 0 aliphatic rings. The summed E-state index contributed by atoms with van der Waals surface area (Å²) in [5.74, 6) is 3.18. The van der Waals surface area contributed by atoms with Gasteiger partial charge >= 0.3 is 0 Å². The molecule has 0 radical (unpaired) electrons. The van der Waals surface area contributed by atoms with Crippen molar-refractivity contribution in [3.8, 4) is 0 Å². The molecule has 0 aliphatic carbocycles. The standard InChI is InChI=1S/C10H23NOS/c1-5-11-10(6-12-4)8-13-7-9(2)3/h9-11H,5-8H2,1-4H3. The van der Waals surface area contributed by atoms with Gasteiger partial charge in [0, 0.05) is 18.9 Å². The van der Waals surface area contributed by atoms with Gasteiger partial charge in [0.2, 0.25) is 0 Å². The fourth-order valence-electron chi connectivity index (χ4n) is 1.10.